The van der Waals surface area contributed by atoms with E-state index in [1.54, 1.807) is 13.1 Å². The molecule has 0 bridgehead atoms. The zero-order valence-electron chi connectivity index (χ0n) is 7.56. The molecule has 5 heteroatoms. The highest BCUT2D eigenvalue weighted by Gasteiger charge is 2.04. The zero-order valence-corrected chi connectivity index (χ0v) is 7.56. The smallest absolute Gasteiger partial charge is 0.237 e. The summed E-state index contributed by atoms with van der Waals surface area (Å²) in [5.41, 5.74) is 1.08. The lowest BCUT2D eigenvalue weighted by atomic mass is 10.5. The number of rotatable bonds is 2. The molecule has 5 nitrogen and oxygen atoms in total. The molecule has 13 heavy (non-hydrogen) atoms. The first-order valence-corrected chi connectivity index (χ1v) is 4.03. The molecule has 0 fully saturated rings. The molecule has 0 unspecified atom stereocenters. The first-order valence-electron chi connectivity index (χ1n) is 4.03. The molecule has 0 radical (unpaired) electrons. The summed E-state index contributed by atoms with van der Waals surface area (Å²) in [4.78, 5) is 0. The Kier molecular flexibility index (Phi) is 1.84. The quantitative estimate of drug-likeness (QED) is 0.686. The fourth-order valence-electron chi connectivity index (χ4n) is 1.09. The van der Waals surface area contributed by atoms with Crippen LogP contribution in [0.25, 0.3) is 0 Å². The Morgan fingerprint density at radius 2 is 2.23 bits per heavy atom. The van der Waals surface area contributed by atoms with Crippen molar-refractivity contribution in [1.82, 2.24) is 20.0 Å². The molecule has 0 spiro atoms. The number of aryl methyl sites for hydroxylation is 2. The lowest BCUT2D eigenvalue weighted by Gasteiger charge is -1.98. The summed E-state index contributed by atoms with van der Waals surface area (Å²) in [7, 11) is 0. The van der Waals surface area contributed by atoms with Gasteiger partial charge < -0.3 is 4.42 Å². The highest BCUT2D eigenvalue weighted by Crippen LogP contribution is 2.02. The molecule has 0 amide bonds. The SMILES string of the molecule is Cc1nnc(Cn2nccc2C)o1. The highest BCUT2D eigenvalue weighted by atomic mass is 16.4. The van der Waals surface area contributed by atoms with E-state index in [-0.39, 0.29) is 0 Å². The Morgan fingerprint density at radius 1 is 1.38 bits per heavy atom. The summed E-state index contributed by atoms with van der Waals surface area (Å²) >= 11 is 0. The molecule has 0 aromatic carbocycles. The molecule has 2 aromatic rings. The van der Waals surface area contributed by atoms with Gasteiger partial charge in [-0.3, -0.25) is 4.68 Å². The van der Waals surface area contributed by atoms with Crippen molar-refractivity contribution in [1.29, 1.82) is 0 Å². The zero-order chi connectivity index (χ0) is 9.26. The summed E-state index contributed by atoms with van der Waals surface area (Å²) in [6.07, 6.45) is 1.75. The lowest BCUT2D eigenvalue weighted by Crippen LogP contribution is -2.03. The van der Waals surface area contributed by atoms with Crippen LogP contribution in [0.1, 0.15) is 17.5 Å². The normalized spacial score (nSPS) is 10.6. The van der Waals surface area contributed by atoms with Crippen molar-refractivity contribution in [2.24, 2.45) is 0 Å². The molecule has 0 aliphatic rings. The van der Waals surface area contributed by atoms with Gasteiger partial charge in [-0.05, 0) is 13.0 Å². The molecule has 0 aliphatic heterocycles. The van der Waals surface area contributed by atoms with Gasteiger partial charge in [0.25, 0.3) is 0 Å². The minimum Gasteiger partial charge on any atom is -0.424 e. The minimum atomic E-state index is 0.541. The molecule has 0 saturated heterocycles. The predicted octanol–water partition coefficient (Wildman–Crippen LogP) is 0.931. The largest absolute Gasteiger partial charge is 0.424 e. The third-order valence-corrected chi connectivity index (χ3v) is 1.78. The monoisotopic (exact) mass is 178 g/mol. The van der Waals surface area contributed by atoms with Crippen LogP contribution in [0.3, 0.4) is 0 Å². The van der Waals surface area contributed by atoms with Crippen molar-refractivity contribution < 1.29 is 4.42 Å². The number of hydrogen-bond donors (Lipinski definition) is 0. The van der Waals surface area contributed by atoms with Crippen LogP contribution in [0.2, 0.25) is 0 Å². The van der Waals surface area contributed by atoms with E-state index < -0.39 is 0 Å². The second kappa shape index (κ2) is 3.01. The fourth-order valence-corrected chi connectivity index (χ4v) is 1.09. The Morgan fingerprint density at radius 3 is 2.77 bits per heavy atom. The van der Waals surface area contributed by atoms with E-state index in [0.717, 1.165) is 5.69 Å². The van der Waals surface area contributed by atoms with Crippen molar-refractivity contribution >= 4 is 0 Å². The standard InChI is InChI=1S/C8H10N4O/c1-6-3-4-9-12(6)5-8-11-10-7(2)13-8/h3-4H,5H2,1-2H3. The van der Waals surface area contributed by atoms with E-state index in [1.165, 1.54) is 0 Å². The Bertz CT molecular complexity index is 404. The maximum Gasteiger partial charge on any atom is 0.237 e. The van der Waals surface area contributed by atoms with Gasteiger partial charge in [0.2, 0.25) is 11.8 Å². The first kappa shape index (κ1) is 7.97. The van der Waals surface area contributed by atoms with Gasteiger partial charge in [-0.1, -0.05) is 0 Å². The Hall–Kier alpha value is -1.65. The van der Waals surface area contributed by atoms with Crippen LogP contribution in [-0.2, 0) is 6.54 Å². The van der Waals surface area contributed by atoms with Gasteiger partial charge in [0.05, 0.1) is 0 Å². The van der Waals surface area contributed by atoms with Crippen LogP contribution in [-0.4, -0.2) is 20.0 Å². The third-order valence-electron chi connectivity index (χ3n) is 1.78. The molecule has 0 aliphatic carbocycles. The molecule has 0 saturated carbocycles. The molecule has 68 valence electrons. The highest BCUT2D eigenvalue weighted by molar-refractivity contribution is 4.98. The molecular formula is C8H10N4O. The van der Waals surface area contributed by atoms with E-state index in [9.17, 15) is 0 Å². The predicted molar refractivity (Wildman–Crippen MR) is 45.1 cm³/mol. The lowest BCUT2D eigenvalue weighted by molar-refractivity contribution is 0.441. The minimum absolute atomic E-state index is 0.541. The van der Waals surface area contributed by atoms with Crippen LogP contribution in [0.4, 0.5) is 0 Å². The average molecular weight is 178 g/mol. The van der Waals surface area contributed by atoms with E-state index >= 15 is 0 Å². The Labute approximate surface area is 75.4 Å². The average Bonchev–Trinajstić information content (AvgIpc) is 2.64. The summed E-state index contributed by atoms with van der Waals surface area (Å²) < 4.78 is 7.04. The van der Waals surface area contributed by atoms with Crippen LogP contribution in [0, 0.1) is 13.8 Å². The van der Waals surface area contributed by atoms with Crippen molar-refractivity contribution in [3.05, 3.63) is 29.7 Å². The van der Waals surface area contributed by atoms with Crippen molar-refractivity contribution in [3.8, 4) is 0 Å². The summed E-state index contributed by atoms with van der Waals surface area (Å²) in [6, 6.07) is 1.93. The van der Waals surface area contributed by atoms with Crippen LogP contribution < -0.4 is 0 Å². The van der Waals surface area contributed by atoms with E-state index in [2.05, 4.69) is 15.3 Å². The van der Waals surface area contributed by atoms with Gasteiger partial charge in [0, 0.05) is 18.8 Å². The number of hydrogen-bond acceptors (Lipinski definition) is 4. The van der Waals surface area contributed by atoms with Crippen molar-refractivity contribution in [2.45, 2.75) is 20.4 Å². The van der Waals surface area contributed by atoms with Crippen LogP contribution >= 0.6 is 0 Å². The fraction of sp³-hybridized carbons (Fsp3) is 0.375. The maximum atomic E-state index is 5.23. The molecule has 0 atom stereocenters. The van der Waals surface area contributed by atoms with Gasteiger partial charge in [0.1, 0.15) is 6.54 Å². The summed E-state index contributed by atoms with van der Waals surface area (Å²) in [5.74, 6) is 1.17. The van der Waals surface area contributed by atoms with Crippen molar-refractivity contribution in [2.75, 3.05) is 0 Å². The topological polar surface area (TPSA) is 56.7 Å². The molecule has 2 rings (SSSR count). The maximum absolute atomic E-state index is 5.23. The summed E-state index contributed by atoms with van der Waals surface area (Å²) in [5, 5.41) is 11.7. The molecule has 2 aromatic heterocycles. The molecule has 0 N–H and O–H groups in total. The molecular weight excluding hydrogens is 168 g/mol. The first-order chi connectivity index (χ1) is 6.25. The second-order valence-corrected chi connectivity index (χ2v) is 2.85. The van der Waals surface area contributed by atoms with E-state index in [0.29, 0.717) is 18.3 Å². The van der Waals surface area contributed by atoms with Crippen LogP contribution in [0.5, 0.6) is 0 Å². The van der Waals surface area contributed by atoms with Gasteiger partial charge in [-0.25, -0.2) is 0 Å². The van der Waals surface area contributed by atoms with E-state index in [4.69, 9.17) is 4.42 Å². The van der Waals surface area contributed by atoms with Crippen molar-refractivity contribution in [3.63, 3.8) is 0 Å². The summed E-state index contributed by atoms with van der Waals surface area (Å²) in [6.45, 7) is 4.29. The third kappa shape index (κ3) is 1.58. The van der Waals surface area contributed by atoms with Gasteiger partial charge >= 0.3 is 0 Å². The van der Waals surface area contributed by atoms with Gasteiger partial charge in [-0.2, -0.15) is 5.10 Å². The number of nitrogens with zero attached hydrogens (tertiary/aromatic N) is 4. The van der Waals surface area contributed by atoms with Gasteiger partial charge in [0.15, 0.2) is 0 Å². The number of aromatic nitrogens is 4. The molecule has 2 heterocycles. The van der Waals surface area contributed by atoms with Gasteiger partial charge in [-0.15, -0.1) is 10.2 Å². The van der Waals surface area contributed by atoms with Crippen LogP contribution in [0.15, 0.2) is 16.7 Å². The second-order valence-electron chi connectivity index (χ2n) is 2.85. The Balaban J connectivity index is 2.19. The van der Waals surface area contributed by atoms with E-state index in [1.807, 2.05) is 17.7 Å².